The zero-order valence-corrected chi connectivity index (χ0v) is 15.3. The van der Waals surface area contributed by atoms with Gasteiger partial charge in [-0.05, 0) is 75.5 Å². The largest absolute Gasteiger partial charge is 0.439 e. The Bertz CT molecular complexity index is 763. The first kappa shape index (κ1) is 17.0. The van der Waals surface area contributed by atoms with Gasteiger partial charge in [-0.1, -0.05) is 6.07 Å². The summed E-state index contributed by atoms with van der Waals surface area (Å²) in [5.41, 5.74) is 1.75. The molecule has 1 N–H and O–H groups in total. The van der Waals surface area contributed by atoms with Gasteiger partial charge < -0.3 is 10.1 Å². The Morgan fingerprint density at radius 3 is 2.50 bits per heavy atom. The van der Waals surface area contributed by atoms with Crippen molar-refractivity contribution < 1.29 is 9.53 Å². The highest BCUT2D eigenvalue weighted by Gasteiger charge is 2.40. The Hall–Kier alpha value is -2.40. The number of fused-ring (bicyclic) bond motifs is 3. The molecule has 2 unspecified atom stereocenters. The fourth-order valence-electron chi connectivity index (χ4n) is 4.09. The first-order chi connectivity index (χ1) is 12.6. The number of hydrogen-bond donors (Lipinski definition) is 1. The monoisotopic (exact) mass is 351 g/mol. The van der Waals surface area contributed by atoms with E-state index in [1.54, 1.807) is 6.20 Å². The van der Waals surface area contributed by atoms with Crippen molar-refractivity contribution in [2.24, 2.45) is 5.92 Å². The Kier molecular flexibility index (Phi) is 4.64. The maximum Gasteiger partial charge on any atom is 0.251 e. The number of piperidine rings is 3. The van der Waals surface area contributed by atoms with Crippen molar-refractivity contribution >= 4 is 5.91 Å². The molecule has 0 radical (unpaired) electrons. The minimum Gasteiger partial charge on any atom is -0.439 e. The van der Waals surface area contributed by atoms with E-state index >= 15 is 0 Å². The quantitative estimate of drug-likeness (QED) is 0.917. The van der Waals surface area contributed by atoms with Crippen LogP contribution in [0.25, 0.3) is 0 Å². The number of aromatic nitrogens is 1. The summed E-state index contributed by atoms with van der Waals surface area (Å²) in [6.45, 7) is 6.54. The molecule has 5 rings (SSSR count). The van der Waals surface area contributed by atoms with Gasteiger partial charge in [-0.25, -0.2) is 4.98 Å². The van der Waals surface area contributed by atoms with Gasteiger partial charge in [0.2, 0.25) is 5.88 Å². The molecule has 3 aliphatic heterocycles. The van der Waals surface area contributed by atoms with E-state index in [4.69, 9.17) is 4.74 Å². The van der Waals surface area contributed by atoms with Gasteiger partial charge in [-0.2, -0.15) is 0 Å². The summed E-state index contributed by atoms with van der Waals surface area (Å²) >= 11 is 0. The van der Waals surface area contributed by atoms with E-state index in [9.17, 15) is 4.79 Å². The number of nitrogens with zero attached hydrogens (tertiary/aromatic N) is 2. The van der Waals surface area contributed by atoms with E-state index < -0.39 is 0 Å². The Labute approximate surface area is 154 Å². The van der Waals surface area contributed by atoms with Crippen LogP contribution in [0.3, 0.4) is 0 Å². The van der Waals surface area contributed by atoms with Crippen LogP contribution in [0, 0.1) is 12.8 Å². The van der Waals surface area contributed by atoms with Crippen LogP contribution >= 0.6 is 0 Å². The highest BCUT2D eigenvalue weighted by molar-refractivity contribution is 5.94. The van der Waals surface area contributed by atoms with E-state index in [1.165, 1.54) is 12.8 Å². The molecule has 3 saturated heterocycles. The van der Waals surface area contributed by atoms with Crippen molar-refractivity contribution in [2.75, 3.05) is 13.1 Å². The van der Waals surface area contributed by atoms with Crippen molar-refractivity contribution in [3.63, 3.8) is 0 Å². The Balaban J connectivity index is 1.40. The van der Waals surface area contributed by atoms with E-state index in [1.807, 2.05) is 43.3 Å². The molecule has 5 nitrogen and oxygen atoms in total. The average molecular weight is 351 g/mol. The number of ether oxygens (including phenoxy) is 1. The Morgan fingerprint density at radius 2 is 1.88 bits per heavy atom. The second-order valence-electron chi connectivity index (χ2n) is 7.41. The van der Waals surface area contributed by atoms with E-state index in [0.717, 1.165) is 18.7 Å². The molecule has 0 aliphatic carbocycles. The number of benzene rings is 1. The predicted molar refractivity (Wildman–Crippen MR) is 101 cm³/mol. The van der Waals surface area contributed by atoms with Gasteiger partial charge >= 0.3 is 0 Å². The van der Waals surface area contributed by atoms with Crippen LogP contribution in [0.4, 0.5) is 0 Å². The molecule has 136 valence electrons. The molecule has 1 amide bonds. The van der Waals surface area contributed by atoms with Gasteiger partial charge in [-0.15, -0.1) is 0 Å². The van der Waals surface area contributed by atoms with Crippen LogP contribution in [0.15, 0.2) is 42.6 Å². The second kappa shape index (κ2) is 7.08. The van der Waals surface area contributed by atoms with Gasteiger partial charge in [0.15, 0.2) is 0 Å². The summed E-state index contributed by atoms with van der Waals surface area (Å²) in [7, 11) is 0. The summed E-state index contributed by atoms with van der Waals surface area (Å²) in [4.78, 5) is 19.4. The number of hydrogen-bond acceptors (Lipinski definition) is 4. The molecular weight excluding hydrogens is 326 g/mol. The molecule has 5 heteroatoms. The molecule has 2 atom stereocenters. The lowest BCUT2D eigenvalue weighted by Crippen LogP contribution is -2.62. The van der Waals surface area contributed by atoms with E-state index in [2.05, 4.69) is 22.1 Å². The number of aryl methyl sites for hydroxylation is 1. The van der Waals surface area contributed by atoms with Crippen molar-refractivity contribution in [3.8, 4) is 11.6 Å². The molecule has 1 aromatic heterocycles. The SMILES string of the molecule is Cc1ccc(Oc2ccc(C(=O)NC3C4CCN(CC4)C3C)cc2)nc1. The normalized spacial score (nSPS) is 27.2. The lowest BCUT2D eigenvalue weighted by atomic mass is 9.79. The molecule has 0 saturated carbocycles. The van der Waals surface area contributed by atoms with Crippen LogP contribution in [0.2, 0.25) is 0 Å². The number of pyridine rings is 1. The average Bonchev–Trinajstić information content (AvgIpc) is 2.67. The van der Waals surface area contributed by atoms with Crippen LogP contribution in [0.1, 0.15) is 35.7 Å². The van der Waals surface area contributed by atoms with Gasteiger partial charge in [0.05, 0.1) is 0 Å². The van der Waals surface area contributed by atoms with Crippen LogP contribution in [-0.2, 0) is 0 Å². The molecule has 2 bridgehead atoms. The molecule has 0 spiro atoms. The van der Waals surface area contributed by atoms with E-state index in [-0.39, 0.29) is 11.9 Å². The summed E-state index contributed by atoms with van der Waals surface area (Å²) in [5.74, 6) is 1.83. The summed E-state index contributed by atoms with van der Waals surface area (Å²) in [5, 5.41) is 3.26. The molecular formula is C21H25N3O2. The smallest absolute Gasteiger partial charge is 0.251 e. The zero-order chi connectivity index (χ0) is 18.1. The standard InChI is InChI=1S/C21H25N3O2/c1-14-3-8-19(22-13-14)26-18-6-4-17(5-7-18)21(25)23-20-15(2)24-11-9-16(20)10-12-24/h3-8,13,15-16,20H,9-12H2,1-2H3,(H,23,25). The van der Waals surface area contributed by atoms with Crippen LogP contribution in [0.5, 0.6) is 11.6 Å². The molecule has 4 heterocycles. The lowest BCUT2D eigenvalue weighted by Gasteiger charge is -2.49. The van der Waals surface area contributed by atoms with Crippen molar-refractivity contribution in [3.05, 3.63) is 53.7 Å². The van der Waals surface area contributed by atoms with Gasteiger partial charge in [0.25, 0.3) is 5.91 Å². The summed E-state index contributed by atoms with van der Waals surface area (Å²) < 4.78 is 5.73. The maximum atomic E-state index is 12.7. The van der Waals surface area contributed by atoms with Crippen molar-refractivity contribution in [1.29, 1.82) is 0 Å². The first-order valence-electron chi connectivity index (χ1n) is 9.35. The number of rotatable bonds is 4. The molecule has 2 aromatic rings. The minimum absolute atomic E-state index is 0.00406. The molecule has 1 aromatic carbocycles. The molecule has 3 fully saturated rings. The topological polar surface area (TPSA) is 54.5 Å². The van der Waals surface area contributed by atoms with Gasteiger partial charge in [-0.3, -0.25) is 9.69 Å². The first-order valence-corrected chi connectivity index (χ1v) is 9.35. The van der Waals surface area contributed by atoms with Gasteiger partial charge in [0, 0.05) is 29.9 Å². The Morgan fingerprint density at radius 1 is 1.15 bits per heavy atom. The van der Waals surface area contributed by atoms with Crippen LogP contribution in [-0.4, -0.2) is 41.0 Å². The summed E-state index contributed by atoms with van der Waals surface area (Å²) in [6.07, 6.45) is 4.14. The fraction of sp³-hybridized carbons (Fsp3) is 0.429. The van der Waals surface area contributed by atoms with Crippen molar-refractivity contribution in [1.82, 2.24) is 15.2 Å². The third-order valence-corrected chi connectivity index (χ3v) is 5.70. The van der Waals surface area contributed by atoms with E-state index in [0.29, 0.717) is 29.2 Å². The number of carbonyl (C=O) groups is 1. The van der Waals surface area contributed by atoms with Crippen molar-refractivity contribution in [2.45, 2.75) is 38.8 Å². The summed E-state index contributed by atoms with van der Waals surface area (Å²) in [6, 6.07) is 11.7. The third kappa shape index (κ3) is 3.44. The highest BCUT2D eigenvalue weighted by atomic mass is 16.5. The highest BCUT2D eigenvalue weighted by Crippen LogP contribution is 2.32. The predicted octanol–water partition coefficient (Wildman–Crippen LogP) is 3.39. The number of nitrogens with one attached hydrogen (secondary N) is 1. The van der Waals surface area contributed by atoms with Crippen LogP contribution < -0.4 is 10.1 Å². The zero-order valence-electron chi connectivity index (χ0n) is 15.3. The second-order valence-corrected chi connectivity index (χ2v) is 7.41. The molecule has 3 aliphatic rings. The third-order valence-electron chi connectivity index (χ3n) is 5.70. The maximum absolute atomic E-state index is 12.7. The van der Waals surface area contributed by atoms with Gasteiger partial charge in [0.1, 0.15) is 5.75 Å². The minimum atomic E-state index is -0.00406. The number of amides is 1. The number of carbonyl (C=O) groups excluding carboxylic acids is 1. The fourth-order valence-corrected chi connectivity index (χ4v) is 4.09. The molecule has 26 heavy (non-hydrogen) atoms. The lowest BCUT2D eigenvalue weighted by molar-refractivity contribution is 0.0217.